The van der Waals surface area contributed by atoms with Crippen LogP contribution in [0.25, 0.3) is 99.6 Å². The molecule has 14 rings (SSSR count). The first-order chi connectivity index (χ1) is 32.8. The fourth-order valence-electron chi connectivity index (χ4n) is 10.9. The van der Waals surface area contributed by atoms with Crippen molar-refractivity contribution in [1.29, 1.82) is 0 Å². The van der Waals surface area contributed by atoms with Crippen molar-refractivity contribution >= 4 is 72.6 Å². The van der Waals surface area contributed by atoms with Gasteiger partial charge in [-0.25, -0.2) is 0 Å². The van der Waals surface area contributed by atoms with Crippen LogP contribution in [0.5, 0.6) is 0 Å². The summed E-state index contributed by atoms with van der Waals surface area (Å²) in [6.07, 6.45) is 4.26. The minimum absolute atomic E-state index is 0.715. The maximum absolute atomic E-state index is 5.29. The summed E-state index contributed by atoms with van der Waals surface area (Å²) in [5.74, 6) is 0. The fraction of sp³-hybridized carbons (Fsp3) is 0.0164. The van der Waals surface area contributed by atoms with Gasteiger partial charge in [-0.05, 0) is 101 Å². The van der Waals surface area contributed by atoms with E-state index in [0.717, 1.165) is 78.8 Å². The summed E-state index contributed by atoms with van der Waals surface area (Å²) in [5, 5.41) is 4.97. The molecule has 0 saturated carbocycles. The Bertz CT molecular complexity index is 3860. The van der Waals surface area contributed by atoms with E-state index in [2.05, 4.69) is 243 Å². The number of para-hydroxylation sites is 6. The van der Waals surface area contributed by atoms with Crippen LogP contribution in [0.2, 0.25) is 0 Å². The number of anilines is 2. The van der Waals surface area contributed by atoms with Gasteiger partial charge in [0, 0.05) is 74.1 Å². The molecule has 12 aromatic rings. The van der Waals surface area contributed by atoms with E-state index in [0.29, 0.717) is 6.54 Å². The molecule has 2 aliphatic rings. The first kappa shape index (κ1) is 36.7. The van der Waals surface area contributed by atoms with Crippen LogP contribution in [0.15, 0.2) is 225 Å². The topological polar surface area (TPSA) is 29.0 Å². The van der Waals surface area contributed by atoms with Crippen LogP contribution in [-0.4, -0.2) is 26.9 Å². The Morgan fingerprint density at radius 1 is 0.364 bits per heavy atom. The van der Waals surface area contributed by atoms with Crippen molar-refractivity contribution in [2.24, 2.45) is 0 Å². The summed E-state index contributed by atoms with van der Waals surface area (Å²) in [7, 11) is 0. The first-order valence-electron chi connectivity index (χ1n) is 22.7. The maximum Gasteiger partial charge on any atom is 0.235 e. The lowest BCUT2D eigenvalue weighted by molar-refractivity contribution is 1.000. The largest absolute Gasteiger partial charge is 0.326 e. The van der Waals surface area contributed by atoms with Crippen LogP contribution in [0, 0.1) is 0 Å². The van der Waals surface area contributed by atoms with Gasteiger partial charge in [0.25, 0.3) is 0 Å². The van der Waals surface area contributed by atoms with Crippen LogP contribution in [0.4, 0.5) is 22.7 Å². The van der Waals surface area contributed by atoms with Gasteiger partial charge in [-0.15, -0.1) is 0 Å². The third kappa shape index (κ3) is 5.41. The third-order valence-corrected chi connectivity index (χ3v) is 13.8. The minimum Gasteiger partial charge on any atom is -0.326 e. The van der Waals surface area contributed by atoms with Crippen LogP contribution >= 0.6 is 0 Å². The molecule has 0 amide bonds. The van der Waals surface area contributed by atoms with Gasteiger partial charge in [0.2, 0.25) is 11.4 Å². The maximum atomic E-state index is 5.29. The molecule has 1 aliphatic carbocycles. The average molecular weight is 843 g/mol. The number of nitrogens with zero attached hydrogens (tertiary/aromatic N) is 5. The predicted octanol–water partition coefficient (Wildman–Crippen LogP) is 15.3. The summed E-state index contributed by atoms with van der Waals surface area (Å²) in [5.41, 5.74) is 20.4. The molecule has 1 aliphatic heterocycles. The Morgan fingerprint density at radius 3 is 1.41 bits per heavy atom. The van der Waals surface area contributed by atoms with Gasteiger partial charge in [0.1, 0.15) is 12.2 Å². The molecule has 5 nitrogen and oxygen atoms in total. The Hall–Kier alpha value is -8.80. The standard InChI is InChI=1S/C61H40N5/c1-3-16-40(17-4-1)63-34-35-64(41-18-5-2-6-19-41)60-39-54-53(38-59(60)63)45-32-30-43(66-57-27-13-9-22-48(57)49-23-10-14-28-58(49)66)37-52(45)51-36-42(29-31-44(51)50-24-15-33-62-61(50)54)65-55-25-11-7-20-46(55)47-21-8-12-26-56(47)65/h1-34,36-39H,35H2/q+1. The highest BCUT2D eigenvalue weighted by atomic mass is 15.2. The summed E-state index contributed by atoms with van der Waals surface area (Å²) < 4.78 is 7.24. The molecule has 0 bridgehead atoms. The molecule has 0 spiro atoms. The number of hydrogen-bond acceptors (Lipinski definition) is 2. The van der Waals surface area contributed by atoms with Crippen molar-refractivity contribution < 1.29 is 0 Å². The molecule has 0 saturated heterocycles. The smallest absolute Gasteiger partial charge is 0.235 e. The van der Waals surface area contributed by atoms with E-state index in [9.17, 15) is 0 Å². The van der Waals surface area contributed by atoms with E-state index in [1.54, 1.807) is 0 Å². The first-order valence-corrected chi connectivity index (χ1v) is 22.7. The van der Waals surface area contributed by atoms with Gasteiger partial charge in [0.15, 0.2) is 6.21 Å². The van der Waals surface area contributed by atoms with Crippen LogP contribution < -0.4 is 9.48 Å². The van der Waals surface area contributed by atoms with E-state index < -0.39 is 0 Å². The molecule has 9 aromatic carbocycles. The van der Waals surface area contributed by atoms with E-state index in [1.807, 2.05) is 6.20 Å². The van der Waals surface area contributed by atoms with Crippen molar-refractivity contribution in [3.63, 3.8) is 0 Å². The summed E-state index contributed by atoms with van der Waals surface area (Å²) >= 11 is 0. The summed E-state index contributed by atoms with van der Waals surface area (Å²) in [6.45, 7) is 0.715. The zero-order chi connectivity index (χ0) is 43.3. The Kier molecular flexibility index (Phi) is 7.98. The molecular formula is C61H40N5+. The number of rotatable bonds is 4. The number of pyridine rings is 1. The molecule has 5 heteroatoms. The lowest BCUT2D eigenvalue weighted by Gasteiger charge is -2.30. The second-order valence-electron chi connectivity index (χ2n) is 17.3. The van der Waals surface area contributed by atoms with Crippen molar-refractivity contribution in [3.05, 3.63) is 225 Å². The van der Waals surface area contributed by atoms with Gasteiger partial charge in [-0.3, -0.25) is 4.98 Å². The highest BCUT2D eigenvalue weighted by Gasteiger charge is 2.33. The van der Waals surface area contributed by atoms with E-state index in [-0.39, 0.29) is 0 Å². The lowest BCUT2D eigenvalue weighted by Crippen LogP contribution is -2.29. The highest BCUT2D eigenvalue weighted by molar-refractivity contribution is 6.12. The zero-order valence-corrected chi connectivity index (χ0v) is 35.9. The molecule has 0 fully saturated rings. The van der Waals surface area contributed by atoms with Crippen molar-refractivity contribution in [2.75, 3.05) is 11.4 Å². The van der Waals surface area contributed by atoms with Crippen LogP contribution in [0.3, 0.4) is 0 Å². The number of hydrogen-bond donors (Lipinski definition) is 0. The van der Waals surface area contributed by atoms with Crippen molar-refractivity contribution in [2.45, 2.75) is 0 Å². The highest BCUT2D eigenvalue weighted by Crippen LogP contribution is 2.52. The number of benzene rings is 9. The van der Waals surface area contributed by atoms with Crippen LogP contribution in [0.1, 0.15) is 0 Å². The van der Waals surface area contributed by atoms with Crippen LogP contribution in [-0.2, 0) is 0 Å². The quantitative estimate of drug-likeness (QED) is 0.165. The molecule has 66 heavy (non-hydrogen) atoms. The van der Waals surface area contributed by atoms with Crippen molar-refractivity contribution in [3.8, 4) is 56.0 Å². The summed E-state index contributed by atoms with van der Waals surface area (Å²) in [4.78, 5) is 7.71. The van der Waals surface area contributed by atoms with E-state index in [4.69, 9.17) is 4.98 Å². The Balaban J connectivity index is 1.10. The van der Waals surface area contributed by atoms with E-state index in [1.165, 1.54) is 43.6 Å². The Labute approximate surface area is 381 Å². The second kappa shape index (κ2) is 14.4. The van der Waals surface area contributed by atoms with Gasteiger partial charge in [0.05, 0.1) is 27.8 Å². The Morgan fingerprint density at radius 2 is 0.848 bits per heavy atom. The lowest BCUT2D eigenvalue weighted by atomic mass is 9.81. The second-order valence-corrected chi connectivity index (χ2v) is 17.3. The third-order valence-electron chi connectivity index (χ3n) is 13.8. The average Bonchev–Trinajstić information content (AvgIpc) is 3.91. The normalized spacial score (nSPS) is 12.8. The molecule has 0 N–H and O–H groups in total. The number of fused-ring (bicyclic) bond motifs is 15. The number of aromatic nitrogens is 3. The molecule has 3 aromatic heterocycles. The molecule has 0 radical (unpaired) electrons. The van der Waals surface area contributed by atoms with Crippen molar-refractivity contribution in [1.82, 2.24) is 18.7 Å². The van der Waals surface area contributed by atoms with E-state index >= 15 is 0 Å². The minimum atomic E-state index is 0.715. The monoisotopic (exact) mass is 842 g/mol. The fourth-order valence-corrected chi connectivity index (χ4v) is 10.9. The van der Waals surface area contributed by atoms with Gasteiger partial charge < -0.3 is 14.0 Å². The van der Waals surface area contributed by atoms with Gasteiger partial charge in [-0.2, -0.15) is 4.58 Å². The molecular weight excluding hydrogens is 803 g/mol. The van der Waals surface area contributed by atoms with Gasteiger partial charge in [-0.1, -0.05) is 127 Å². The molecule has 4 heterocycles. The van der Waals surface area contributed by atoms with Gasteiger partial charge >= 0.3 is 0 Å². The molecule has 0 atom stereocenters. The molecule has 308 valence electrons. The summed E-state index contributed by atoms with van der Waals surface area (Å²) in [6, 6.07) is 79.9. The predicted molar refractivity (Wildman–Crippen MR) is 276 cm³/mol. The SMILES string of the molecule is C1=[N+](c2ccccc2)c2cc3c(cc2N(c2ccccc2)C1)-c1ncccc1-c1ccc(-n2c4ccccc4c4ccccc42)cc1-c1cc(-n2c4ccccc4c4ccccc42)ccc1-3. The zero-order valence-electron chi connectivity index (χ0n) is 35.9. The molecule has 0 unspecified atom stereocenters.